The number of rotatable bonds is 11. The molecule has 2 aromatic rings. The molecule has 1 atom stereocenters. The minimum Gasteiger partial charge on any atom is -0.489 e. The summed E-state index contributed by atoms with van der Waals surface area (Å²) in [5.41, 5.74) is 15.5. The van der Waals surface area contributed by atoms with E-state index in [0.29, 0.717) is 43.1 Å². The molecule has 2 aromatic heterocycles. The van der Waals surface area contributed by atoms with E-state index in [1.165, 1.54) is 0 Å². The highest BCUT2D eigenvalue weighted by molar-refractivity contribution is 5.93. The smallest absolute Gasteiger partial charge is 0.319 e. The lowest BCUT2D eigenvalue weighted by Gasteiger charge is -2.33. The van der Waals surface area contributed by atoms with Gasteiger partial charge in [-0.1, -0.05) is 0 Å². The third-order valence-electron chi connectivity index (χ3n) is 6.77. The summed E-state index contributed by atoms with van der Waals surface area (Å²) in [6.45, 7) is 8.69. The van der Waals surface area contributed by atoms with Crippen LogP contribution < -0.4 is 36.4 Å². The average molecular weight is 542 g/mol. The van der Waals surface area contributed by atoms with Crippen LogP contribution in [-0.4, -0.2) is 79.0 Å². The largest absolute Gasteiger partial charge is 0.489 e. The summed E-state index contributed by atoms with van der Waals surface area (Å²) in [5, 5.41) is 4.69. The first-order chi connectivity index (χ1) is 18.8. The number of nitrogens with two attached hydrogens (primary N) is 1. The zero-order chi connectivity index (χ0) is 27.9. The third-order valence-corrected chi connectivity index (χ3v) is 6.77. The van der Waals surface area contributed by atoms with Crippen molar-refractivity contribution in [3.8, 4) is 11.8 Å². The van der Waals surface area contributed by atoms with Crippen molar-refractivity contribution < 1.29 is 19.0 Å². The van der Waals surface area contributed by atoms with Crippen LogP contribution in [0, 0.1) is 5.92 Å². The summed E-state index contributed by atoms with van der Waals surface area (Å²) in [6.07, 6.45) is 3.27. The molecule has 2 aliphatic heterocycles. The molecule has 39 heavy (non-hydrogen) atoms. The van der Waals surface area contributed by atoms with E-state index >= 15 is 0 Å². The first-order valence-corrected chi connectivity index (χ1v) is 13.2. The molecule has 0 radical (unpaired) electrons. The molecule has 0 saturated carbocycles. The van der Waals surface area contributed by atoms with E-state index in [-0.39, 0.29) is 23.7 Å². The molecule has 212 valence electrons. The van der Waals surface area contributed by atoms with Crippen molar-refractivity contribution in [1.82, 2.24) is 36.2 Å². The predicted octanol–water partition coefficient (Wildman–Crippen LogP) is 1.56. The zero-order valence-corrected chi connectivity index (χ0v) is 23.3. The van der Waals surface area contributed by atoms with Crippen LogP contribution in [0.5, 0.6) is 11.8 Å². The second kappa shape index (κ2) is 12.8. The highest BCUT2D eigenvalue weighted by Crippen LogP contribution is 2.29. The van der Waals surface area contributed by atoms with Crippen LogP contribution >= 0.6 is 0 Å². The van der Waals surface area contributed by atoms with Crippen LogP contribution in [0.4, 0.5) is 11.6 Å². The van der Waals surface area contributed by atoms with Crippen LogP contribution in [0.3, 0.4) is 0 Å². The summed E-state index contributed by atoms with van der Waals surface area (Å²) in [7, 11) is 3.54. The summed E-state index contributed by atoms with van der Waals surface area (Å²) in [6, 6.07) is 3.79. The van der Waals surface area contributed by atoms with Gasteiger partial charge in [0.1, 0.15) is 17.6 Å². The molecule has 13 heteroatoms. The van der Waals surface area contributed by atoms with Gasteiger partial charge in [-0.25, -0.2) is 4.98 Å². The van der Waals surface area contributed by atoms with Crippen molar-refractivity contribution >= 4 is 23.2 Å². The number of allylic oxidation sites excluding steroid dienone is 1. The predicted molar refractivity (Wildman–Crippen MR) is 148 cm³/mol. The first-order valence-electron chi connectivity index (χ1n) is 13.2. The van der Waals surface area contributed by atoms with Crippen LogP contribution in [0.25, 0.3) is 5.70 Å². The van der Waals surface area contributed by atoms with Crippen molar-refractivity contribution in [1.29, 1.82) is 0 Å². The lowest BCUT2D eigenvalue weighted by Crippen LogP contribution is -2.36. The fourth-order valence-corrected chi connectivity index (χ4v) is 4.45. The SMILES string of the molecule is CCNC(=O)c1cc(N2CCC(COc3cc(C4=C(C)N(C)NN4)cnc3N)CC2)nc(O[C@H](C)COC)n1. The normalized spacial score (nSPS) is 16.7. The molecule has 0 unspecified atom stereocenters. The number of nitrogens with one attached hydrogen (secondary N) is 3. The molecule has 0 aliphatic carbocycles. The van der Waals surface area contributed by atoms with Crippen molar-refractivity contribution in [2.24, 2.45) is 5.92 Å². The summed E-state index contributed by atoms with van der Waals surface area (Å²) < 4.78 is 17.1. The molecule has 0 spiro atoms. The number of hydrogen-bond donors (Lipinski definition) is 4. The molecule has 4 heterocycles. The number of hydrazine groups is 2. The molecule has 1 fully saturated rings. The highest BCUT2D eigenvalue weighted by Gasteiger charge is 2.24. The van der Waals surface area contributed by atoms with E-state index in [0.717, 1.165) is 42.9 Å². The Morgan fingerprint density at radius 2 is 2.05 bits per heavy atom. The number of ether oxygens (including phenoxy) is 3. The average Bonchev–Trinajstić information content (AvgIpc) is 3.26. The lowest BCUT2D eigenvalue weighted by atomic mass is 9.98. The monoisotopic (exact) mass is 541 g/mol. The number of carbonyl (C=O) groups is 1. The molecule has 4 rings (SSSR count). The summed E-state index contributed by atoms with van der Waals surface area (Å²) in [5.74, 6) is 1.68. The Bertz CT molecular complexity index is 1180. The Hall–Kier alpha value is -3.84. The van der Waals surface area contributed by atoms with Gasteiger partial charge in [0, 0.05) is 51.6 Å². The molecule has 5 N–H and O–H groups in total. The molecule has 0 bridgehead atoms. The molecule has 1 amide bonds. The van der Waals surface area contributed by atoms with Crippen LogP contribution in [0.2, 0.25) is 0 Å². The van der Waals surface area contributed by atoms with Gasteiger partial charge in [0.15, 0.2) is 11.6 Å². The highest BCUT2D eigenvalue weighted by atomic mass is 16.5. The maximum absolute atomic E-state index is 12.5. The van der Waals surface area contributed by atoms with Crippen LogP contribution in [-0.2, 0) is 4.74 Å². The van der Waals surface area contributed by atoms with E-state index < -0.39 is 0 Å². The number of methoxy groups -OCH3 is 1. The van der Waals surface area contributed by atoms with E-state index in [9.17, 15) is 4.79 Å². The van der Waals surface area contributed by atoms with Gasteiger partial charge in [0.25, 0.3) is 5.91 Å². The number of amides is 1. The van der Waals surface area contributed by atoms with Crippen molar-refractivity contribution in [3.05, 3.63) is 35.3 Å². The molecule has 1 saturated heterocycles. The van der Waals surface area contributed by atoms with Gasteiger partial charge >= 0.3 is 6.01 Å². The standard InChI is InChI=1S/C26H39N9O4/c1-6-28-25(36)20-12-22(31-26(30-20)39-16(2)14-37-5)35-9-7-18(8-10-35)15-38-21-11-19(13-29-24(21)27)23-17(3)34(4)33-32-23/h11-13,16,18,32-33H,6-10,14-15H2,1-5H3,(H2,27,29)(H,28,36)/t16-/m1/s1. The maximum Gasteiger partial charge on any atom is 0.319 e. The quantitative estimate of drug-likeness (QED) is 0.327. The summed E-state index contributed by atoms with van der Waals surface area (Å²) in [4.78, 5) is 27.9. The molecule has 13 nitrogen and oxygen atoms in total. The van der Waals surface area contributed by atoms with E-state index in [2.05, 4.69) is 36.1 Å². The minimum atomic E-state index is -0.261. The Kier molecular flexibility index (Phi) is 9.25. The number of aromatic nitrogens is 3. The second-order valence-electron chi connectivity index (χ2n) is 9.74. The first kappa shape index (κ1) is 28.2. The Morgan fingerprint density at radius 1 is 1.28 bits per heavy atom. The molecular formula is C26H39N9O4. The van der Waals surface area contributed by atoms with Gasteiger partial charge in [-0.15, -0.1) is 5.53 Å². The Balaban J connectivity index is 1.39. The number of nitrogen functional groups attached to an aromatic ring is 1. The number of hydrogen-bond acceptors (Lipinski definition) is 12. The van der Waals surface area contributed by atoms with E-state index in [1.807, 2.05) is 38.9 Å². The molecule has 0 aromatic carbocycles. The molecule has 2 aliphatic rings. The van der Waals surface area contributed by atoms with Gasteiger partial charge in [0.05, 0.1) is 24.6 Å². The number of pyridine rings is 1. The van der Waals surface area contributed by atoms with Gasteiger partial charge in [0.2, 0.25) is 0 Å². The van der Waals surface area contributed by atoms with E-state index in [1.54, 1.807) is 19.4 Å². The van der Waals surface area contributed by atoms with Gasteiger partial charge in [-0.2, -0.15) is 9.97 Å². The van der Waals surface area contributed by atoms with Crippen molar-refractivity contribution in [2.75, 3.05) is 57.6 Å². The van der Waals surface area contributed by atoms with E-state index in [4.69, 9.17) is 19.9 Å². The van der Waals surface area contributed by atoms with Gasteiger partial charge in [-0.3, -0.25) is 9.80 Å². The fourth-order valence-electron chi connectivity index (χ4n) is 4.45. The lowest BCUT2D eigenvalue weighted by molar-refractivity contribution is 0.0843. The topological polar surface area (TPSA) is 152 Å². The van der Waals surface area contributed by atoms with Crippen molar-refractivity contribution in [3.63, 3.8) is 0 Å². The fraction of sp³-hybridized carbons (Fsp3) is 0.538. The number of piperidine rings is 1. The Labute approximate surface area is 229 Å². The van der Waals surface area contributed by atoms with Crippen molar-refractivity contribution in [2.45, 2.75) is 39.7 Å². The zero-order valence-electron chi connectivity index (χ0n) is 23.3. The van der Waals surface area contributed by atoms with Gasteiger partial charge in [-0.05, 0) is 45.6 Å². The maximum atomic E-state index is 12.5. The minimum absolute atomic E-state index is 0.162. The Morgan fingerprint density at radius 3 is 2.72 bits per heavy atom. The van der Waals surface area contributed by atoms with Gasteiger partial charge < -0.3 is 35.6 Å². The second-order valence-corrected chi connectivity index (χ2v) is 9.74. The number of carbonyl (C=O) groups excluding carboxylic acids is 1. The third kappa shape index (κ3) is 6.98. The number of anilines is 2. The molecular weight excluding hydrogens is 502 g/mol. The van der Waals surface area contributed by atoms with Crippen LogP contribution in [0.15, 0.2) is 24.0 Å². The van der Waals surface area contributed by atoms with Crippen LogP contribution in [0.1, 0.15) is 49.7 Å². The summed E-state index contributed by atoms with van der Waals surface area (Å²) >= 11 is 0. The number of nitrogens with zero attached hydrogens (tertiary/aromatic N) is 5.